The Morgan fingerprint density at radius 2 is 2.07 bits per heavy atom. The lowest BCUT2D eigenvalue weighted by molar-refractivity contribution is 0.0337. The first-order valence-corrected chi connectivity index (χ1v) is 6.26. The van der Waals surface area contributed by atoms with E-state index in [0.717, 1.165) is 6.54 Å². The summed E-state index contributed by atoms with van der Waals surface area (Å²) in [6.07, 6.45) is 1.23. The van der Waals surface area contributed by atoms with E-state index in [1.165, 1.54) is 17.9 Å². The van der Waals surface area contributed by atoms with Crippen molar-refractivity contribution in [1.82, 2.24) is 4.90 Å². The Labute approximate surface area is 90.5 Å². The molecule has 1 unspecified atom stereocenters. The Morgan fingerprint density at radius 1 is 1.43 bits per heavy atom. The van der Waals surface area contributed by atoms with Crippen molar-refractivity contribution in [2.24, 2.45) is 5.41 Å². The molecule has 0 aliphatic carbocycles. The van der Waals surface area contributed by atoms with Gasteiger partial charge in [-0.3, -0.25) is 0 Å². The van der Waals surface area contributed by atoms with Gasteiger partial charge >= 0.3 is 0 Å². The zero-order chi connectivity index (χ0) is 10.6. The van der Waals surface area contributed by atoms with Gasteiger partial charge in [-0.1, -0.05) is 6.92 Å². The Balaban J connectivity index is 2.41. The molecule has 1 aliphatic heterocycles. The van der Waals surface area contributed by atoms with Crippen LogP contribution < -0.4 is 0 Å². The van der Waals surface area contributed by atoms with E-state index in [4.69, 9.17) is 0 Å². The third kappa shape index (κ3) is 3.12. The molecule has 1 rings (SSSR count). The summed E-state index contributed by atoms with van der Waals surface area (Å²) in [6, 6.07) is 0.623. The first-order chi connectivity index (χ1) is 6.61. The van der Waals surface area contributed by atoms with Crippen LogP contribution in [0.4, 0.5) is 0 Å². The summed E-state index contributed by atoms with van der Waals surface area (Å²) in [5, 5.41) is 18.4. The maximum atomic E-state index is 9.19. The van der Waals surface area contributed by atoms with Crippen LogP contribution in [-0.2, 0) is 0 Å². The molecule has 0 radical (unpaired) electrons. The Kier molecular flexibility index (Phi) is 4.70. The second-order valence-electron chi connectivity index (χ2n) is 4.56. The molecule has 1 heterocycles. The number of rotatable bonds is 5. The SMILES string of the molecule is CN(CC(C)(CO)CO)C1CCSC1. The summed E-state index contributed by atoms with van der Waals surface area (Å²) in [6.45, 7) is 2.79. The van der Waals surface area contributed by atoms with Gasteiger partial charge < -0.3 is 15.1 Å². The largest absolute Gasteiger partial charge is 0.396 e. The van der Waals surface area contributed by atoms with E-state index in [9.17, 15) is 10.2 Å². The fourth-order valence-corrected chi connectivity index (χ4v) is 3.05. The number of nitrogens with zero attached hydrogens (tertiary/aromatic N) is 1. The molecule has 4 heteroatoms. The van der Waals surface area contributed by atoms with Gasteiger partial charge in [0.1, 0.15) is 0 Å². The van der Waals surface area contributed by atoms with Crippen LogP contribution in [0, 0.1) is 5.41 Å². The highest BCUT2D eigenvalue weighted by molar-refractivity contribution is 7.99. The van der Waals surface area contributed by atoms with Crippen molar-refractivity contribution >= 4 is 11.8 Å². The molecule has 0 aromatic rings. The highest BCUT2D eigenvalue weighted by Gasteiger charge is 2.28. The summed E-state index contributed by atoms with van der Waals surface area (Å²) < 4.78 is 0. The molecule has 0 bridgehead atoms. The van der Waals surface area contributed by atoms with Crippen molar-refractivity contribution in [3.63, 3.8) is 0 Å². The van der Waals surface area contributed by atoms with Crippen molar-refractivity contribution in [2.45, 2.75) is 19.4 Å². The Morgan fingerprint density at radius 3 is 2.50 bits per heavy atom. The minimum atomic E-state index is -0.359. The number of thioether (sulfide) groups is 1. The van der Waals surface area contributed by atoms with Crippen molar-refractivity contribution in [3.05, 3.63) is 0 Å². The van der Waals surface area contributed by atoms with Crippen LogP contribution in [0.15, 0.2) is 0 Å². The minimum Gasteiger partial charge on any atom is -0.396 e. The topological polar surface area (TPSA) is 43.7 Å². The van der Waals surface area contributed by atoms with Gasteiger partial charge in [-0.05, 0) is 19.2 Å². The molecule has 0 spiro atoms. The fourth-order valence-electron chi connectivity index (χ4n) is 1.75. The molecule has 1 aliphatic rings. The Bertz CT molecular complexity index is 168. The lowest BCUT2D eigenvalue weighted by Gasteiger charge is -2.33. The molecule has 0 amide bonds. The lowest BCUT2D eigenvalue weighted by atomic mass is 9.92. The third-order valence-electron chi connectivity index (χ3n) is 2.92. The number of aliphatic hydroxyl groups is 2. The molecule has 1 fully saturated rings. The third-order valence-corrected chi connectivity index (χ3v) is 4.07. The monoisotopic (exact) mass is 219 g/mol. The van der Waals surface area contributed by atoms with E-state index in [1.807, 2.05) is 18.7 Å². The highest BCUT2D eigenvalue weighted by atomic mass is 32.2. The van der Waals surface area contributed by atoms with Gasteiger partial charge in [0.15, 0.2) is 0 Å². The van der Waals surface area contributed by atoms with Gasteiger partial charge in [0, 0.05) is 23.8 Å². The number of hydrogen-bond acceptors (Lipinski definition) is 4. The average Bonchev–Trinajstić information content (AvgIpc) is 2.70. The molecule has 0 aromatic heterocycles. The second kappa shape index (κ2) is 5.35. The van der Waals surface area contributed by atoms with E-state index in [0.29, 0.717) is 6.04 Å². The smallest absolute Gasteiger partial charge is 0.0519 e. The average molecular weight is 219 g/mol. The lowest BCUT2D eigenvalue weighted by Crippen LogP contribution is -2.43. The van der Waals surface area contributed by atoms with Crippen LogP contribution >= 0.6 is 11.8 Å². The summed E-state index contributed by atoms with van der Waals surface area (Å²) in [4.78, 5) is 2.27. The minimum absolute atomic E-state index is 0.0493. The number of aliphatic hydroxyl groups excluding tert-OH is 2. The van der Waals surface area contributed by atoms with E-state index in [2.05, 4.69) is 11.9 Å². The first kappa shape index (κ1) is 12.3. The van der Waals surface area contributed by atoms with Crippen LogP contribution in [0.2, 0.25) is 0 Å². The standard InChI is InChI=1S/C10H21NO2S/c1-10(7-12,8-13)6-11(2)9-3-4-14-5-9/h9,12-13H,3-8H2,1-2H3. The van der Waals surface area contributed by atoms with Gasteiger partial charge in [0.05, 0.1) is 13.2 Å². The quantitative estimate of drug-likeness (QED) is 0.703. The normalized spacial score (nSPS) is 23.4. The summed E-state index contributed by atoms with van der Waals surface area (Å²) in [5.74, 6) is 2.42. The molecule has 3 nitrogen and oxygen atoms in total. The van der Waals surface area contributed by atoms with Crippen LogP contribution in [0.3, 0.4) is 0 Å². The van der Waals surface area contributed by atoms with Gasteiger partial charge in [-0.15, -0.1) is 0 Å². The van der Waals surface area contributed by atoms with E-state index < -0.39 is 0 Å². The molecule has 14 heavy (non-hydrogen) atoms. The second-order valence-corrected chi connectivity index (χ2v) is 5.71. The van der Waals surface area contributed by atoms with Crippen molar-refractivity contribution in [2.75, 3.05) is 38.3 Å². The van der Waals surface area contributed by atoms with E-state index in [-0.39, 0.29) is 18.6 Å². The molecular weight excluding hydrogens is 198 g/mol. The van der Waals surface area contributed by atoms with Crippen LogP contribution in [0.5, 0.6) is 0 Å². The summed E-state index contributed by atoms with van der Waals surface area (Å²) in [7, 11) is 2.08. The zero-order valence-corrected chi connectivity index (χ0v) is 9.89. The first-order valence-electron chi connectivity index (χ1n) is 5.11. The highest BCUT2D eigenvalue weighted by Crippen LogP contribution is 2.24. The van der Waals surface area contributed by atoms with Gasteiger partial charge in [-0.2, -0.15) is 11.8 Å². The van der Waals surface area contributed by atoms with E-state index >= 15 is 0 Å². The summed E-state index contributed by atoms with van der Waals surface area (Å²) >= 11 is 1.99. The van der Waals surface area contributed by atoms with Gasteiger partial charge in [-0.25, -0.2) is 0 Å². The Hall–Kier alpha value is 0.230. The van der Waals surface area contributed by atoms with Crippen LogP contribution in [-0.4, -0.2) is 59.5 Å². The van der Waals surface area contributed by atoms with Crippen LogP contribution in [0.1, 0.15) is 13.3 Å². The zero-order valence-electron chi connectivity index (χ0n) is 9.07. The van der Waals surface area contributed by atoms with Gasteiger partial charge in [0.2, 0.25) is 0 Å². The maximum Gasteiger partial charge on any atom is 0.0519 e. The molecule has 1 saturated heterocycles. The van der Waals surface area contributed by atoms with Crippen molar-refractivity contribution in [3.8, 4) is 0 Å². The molecule has 0 saturated carbocycles. The summed E-state index contributed by atoms with van der Waals surface area (Å²) in [5.41, 5.74) is -0.359. The van der Waals surface area contributed by atoms with Crippen molar-refractivity contribution in [1.29, 1.82) is 0 Å². The van der Waals surface area contributed by atoms with Gasteiger partial charge in [0.25, 0.3) is 0 Å². The molecule has 84 valence electrons. The van der Waals surface area contributed by atoms with Crippen molar-refractivity contribution < 1.29 is 10.2 Å². The predicted molar refractivity (Wildman–Crippen MR) is 60.6 cm³/mol. The number of hydrogen-bond donors (Lipinski definition) is 2. The van der Waals surface area contributed by atoms with Crippen LogP contribution in [0.25, 0.3) is 0 Å². The molecule has 2 N–H and O–H groups in total. The maximum absolute atomic E-state index is 9.19. The molecule has 0 aromatic carbocycles. The molecule has 1 atom stereocenters. The predicted octanol–water partition coefficient (Wildman–Crippen LogP) is 0.415. The fraction of sp³-hybridized carbons (Fsp3) is 1.00. The van der Waals surface area contributed by atoms with E-state index in [1.54, 1.807) is 0 Å². The molecular formula is C10H21NO2S.